The molecule has 1 aliphatic carbocycles. The van der Waals surface area contributed by atoms with Gasteiger partial charge in [-0.1, -0.05) is 19.8 Å². The Morgan fingerprint density at radius 1 is 1.39 bits per heavy atom. The van der Waals surface area contributed by atoms with E-state index in [0.717, 1.165) is 6.42 Å². The van der Waals surface area contributed by atoms with Gasteiger partial charge >= 0.3 is 5.69 Å². The number of nitrogens with zero attached hydrogens (tertiary/aromatic N) is 4. The summed E-state index contributed by atoms with van der Waals surface area (Å²) in [5.41, 5.74) is 0.920. The predicted molar refractivity (Wildman–Crippen MR) is 87.8 cm³/mol. The van der Waals surface area contributed by atoms with E-state index in [2.05, 4.69) is 22.2 Å². The number of imidazole rings is 1. The second kappa shape index (κ2) is 6.36. The van der Waals surface area contributed by atoms with Crippen LogP contribution in [0, 0.1) is 23.0 Å². The topological polar surface area (TPSA) is 85.9 Å². The van der Waals surface area contributed by atoms with Gasteiger partial charge < -0.3 is 9.88 Å². The normalized spacial score (nSPS) is 21.1. The van der Waals surface area contributed by atoms with Crippen molar-refractivity contribution in [3.8, 4) is 5.69 Å². The lowest BCUT2D eigenvalue weighted by Gasteiger charge is -2.30. The van der Waals surface area contributed by atoms with Crippen molar-refractivity contribution < 1.29 is 4.92 Å². The fraction of sp³-hybridized carbons (Fsp3) is 0.500. The van der Waals surface area contributed by atoms with Gasteiger partial charge in [0.15, 0.2) is 0 Å². The van der Waals surface area contributed by atoms with Crippen molar-refractivity contribution in [1.29, 1.82) is 0 Å². The molecular weight excluding hydrogens is 294 g/mol. The van der Waals surface area contributed by atoms with Gasteiger partial charge in [0, 0.05) is 24.5 Å². The van der Waals surface area contributed by atoms with Gasteiger partial charge in [0.1, 0.15) is 17.2 Å². The van der Waals surface area contributed by atoms with Crippen LogP contribution in [0.1, 0.15) is 38.3 Å². The van der Waals surface area contributed by atoms with E-state index >= 15 is 0 Å². The minimum absolute atomic E-state index is 0.0187. The first-order valence-corrected chi connectivity index (χ1v) is 7.97. The van der Waals surface area contributed by atoms with Crippen molar-refractivity contribution >= 4 is 11.5 Å². The van der Waals surface area contributed by atoms with Gasteiger partial charge in [-0.25, -0.2) is 9.97 Å². The van der Waals surface area contributed by atoms with Crippen LogP contribution < -0.4 is 5.32 Å². The minimum Gasteiger partial charge on any atom is -0.367 e. The Balaban J connectivity index is 1.97. The molecule has 1 N–H and O–H groups in total. The summed E-state index contributed by atoms with van der Waals surface area (Å²) in [6, 6.07) is 2.11. The summed E-state index contributed by atoms with van der Waals surface area (Å²) in [4.78, 5) is 19.4. The number of pyridine rings is 1. The van der Waals surface area contributed by atoms with Crippen LogP contribution in [-0.2, 0) is 0 Å². The molecule has 0 spiro atoms. The lowest BCUT2D eigenvalue weighted by Crippen LogP contribution is -2.30. The first-order valence-electron chi connectivity index (χ1n) is 7.97. The molecule has 7 heteroatoms. The quantitative estimate of drug-likeness (QED) is 0.689. The van der Waals surface area contributed by atoms with E-state index in [1.807, 2.05) is 0 Å². The highest BCUT2D eigenvalue weighted by molar-refractivity contribution is 5.61. The Kier molecular flexibility index (Phi) is 4.27. The molecule has 0 aromatic carbocycles. The van der Waals surface area contributed by atoms with Gasteiger partial charge in [-0.15, -0.1) is 0 Å². The summed E-state index contributed by atoms with van der Waals surface area (Å²) >= 11 is 0. The van der Waals surface area contributed by atoms with Crippen molar-refractivity contribution in [3.05, 3.63) is 40.6 Å². The third kappa shape index (κ3) is 3.18. The highest BCUT2D eigenvalue weighted by atomic mass is 16.6. The number of aromatic nitrogens is 3. The molecule has 1 fully saturated rings. The fourth-order valence-electron chi connectivity index (χ4n) is 3.27. The fourth-order valence-corrected chi connectivity index (χ4v) is 3.27. The van der Waals surface area contributed by atoms with Crippen LogP contribution in [0.3, 0.4) is 0 Å². The summed E-state index contributed by atoms with van der Waals surface area (Å²) in [7, 11) is 0. The number of hydrogen-bond donors (Lipinski definition) is 1. The molecule has 1 saturated carbocycles. The number of nitro groups is 1. The molecule has 0 aliphatic heterocycles. The van der Waals surface area contributed by atoms with E-state index in [1.165, 1.54) is 19.3 Å². The number of aryl methyl sites for hydroxylation is 1. The molecule has 23 heavy (non-hydrogen) atoms. The lowest BCUT2D eigenvalue weighted by atomic mass is 9.86. The highest BCUT2D eigenvalue weighted by Crippen LogP contribution is 2.31. The van der Waals surface area contributed by atoms with Crippen molar-refractivity contribution in [2.45, 2.75) is 45.6 Å². The highest BCUT2D eigenvalue weighted by Gasteiger charge is 2.25. The third-order valence-electron chi connectivity index (χ3n) is 4.56. The van der Waals surface area contributed by atoms with E-state index in [0.29, 0.717) is 29.2 Å². The second-order valence-electron chi connectivity index (χ2n) is 6.20. The van der Waals surface area contributed by atoms with Crippen molar-refractivity contribution in [2.24, 2.45) is 5.92 Å². The van der Waals surface area contributed by atoms with E-state index in [4.69, 9.17) is 0 Å². The summed E-state index contributed by atoms with van der Waals surface area (Å²) in [6.07, 6.45) is 9.67. The molecule has 0 radical (unpaired) electrons. The van der Waals surface area contributed by atoms with Crippen LogP contribution in [0.25, 0.3) is 5.69 Å². The van der Waals surface area contributed by atoms with Gasteiger partial charge in [0.05, 0.1) is 11.3 Å². The first kappa shape index (κ1) is 15.5. The molecule has 0 amide bonds. The summed E-state index contributed by atoms with van der Waals surface area (Å²) in [5.74, 6) is 1.27. The Bertz CT molecular complexity index is 699. The van der Waals surface area contributed by atoms with Gasteiger partial charge in [-0.2, -0.15) is 0 Å². The van der Waals surface area contributed by atoms with Crippen molar-refractivity contribution in [3.63, 3.8) is 0 Å². The largest absolute Gasteiger partial charge is 0.367 e. The van der Waals surface area contributed by atoms with E-state index in [9.17, 15) is 10.1 Å². The molecule has 0 bridgehead atoms. The molecule has 7 nitrogen and oxygen atoms in total. The lowest BCUT2D eigenvalue weighted by molar-refractivity contribution is -0.385. The summed E-state index contributed by atoms with van der Waals surface area (Å²) < 4.78 is 1.66. The smallest absolute Gasteiger partial charge is 0.314 e. The summed E-state index contributed by atoms with van der Waals surface area (Å²) in [5, 5.41) is 14.9. The van der Waals surface area contributed by atoms with Gasteiger partial charge in [0.2, 0.25) is 0 Å². The molecule has 2 aromatic rings. The van der Waals surface area contributed by atoms with Gasteiger partial charge in [-0.3, -0.25) is 10.1 Å². The van der Waals surface area contributed by atoms with Crippen LogP contribution in [0.2, 0.25) is 0 Å². The van der Waals surface area contributed by atoms with Gasteiger partial charge in [-0.05, 0) is 25.7 Å². The van der Waals surface area contributed by atoms with Crippen LogP contribution >= 0.6 is 0 Å². The molecule has 122 valence electrons. The Morgan fingerprint density at radius 2 is 2.17 bits per heavy atom. The molecule has 3 rings (SSSR count). The first-order chi connectivity index (χ1) is 11.1. The monoisotopic (exact) mass is 315 g/mol. The number of hydrogen-bond acceptors (Lipinski definition) is 5. The molecule has 2 atom stereocenters. The maximum absolute atomic E-state index is 11.4. The van der Waals surface area contributed by atoms with Gasteiger partial charge in [0.25, 0.3) is 0 Å². The molecule has 0 saturated heterocycles. The molecular formula is C16H21N5O2. The van der Waals surface area contributed by atoms with E-state index in [-0.39, 0.29) is 10.6 Å². The predicted octanol–water partition coefficient (Wildman–Crippen LogP) is 3.47. The zero-order chi connectivity index (χ0) is 16.4. The van der Waals surface area contributed by atoms with E-state index in [1.54, 1.807) is 36.3 Å². The van der Waals surface area contributed by atoms with Crippen LogP contribution in [0.5, 0.6) is 0 Å². The molecule has 1 aliphatic rings. The summed E-state index contributed by atoms with van der Waals surface area (Å²) in [6.45, 7) is 3.92. The Hall–Kier alpha value is -2.44. The van der Waals surface area contributed by atoms with Crippen molar-refractivity contribution in [2.75, 3.05) is 5.32 Å². The SMILES string of the molecule is Cc1nc(N[C@H]2CCCC[C@@H]2C)cc(-n2ccnc2)c1[N+](=O)[O-]. The van der Waals surface area contributed by atoms with Crippen LogP contribution in [-0.4, -0.2) is 25.5 Å². The maximum Gasteiger partial charge on any atom is 0.314 e. The second-order valence-corrected chi connectivity index (χ2v) is 6.20. The average molecular weight is 315 g/mol. The number of anilines is 1. The zero-order valence-corrected chi connectivity index (χ0v) is 13.4. The average Bonchev–Trinajstić information content (AvgIpc) is 3.03. The zero-order valence-electron chi connectivity index (χ0n) is 13.4. The molecule has 0 unspecified atom stereocenters. The molecule has 2 heterocycles. The maximum atomic E-state index is 11.4. The van der Waals surface area contributed by atoms with Crippen LogP contribution in [0.15, 0.2) is 24.8 Å². The standard InChI is InChI=1S/C16H21N5O2/c1-11-5-3-4-6-13(11)19-15-9-14(20-8-7-17-10-20)16(21(22)23)12(2)18-15/h7-11,13H,3-6H2,1-2H3,(H,18,19)/t11-,13-/m0/s1. The number of rotatable bonds is 4. The Labute approximate surface area is 134 Å². The number of nitrogens with one attached hydrogen (secondary N) is 1. The Morgan fingerprint density at radius 3 is 2.83 bits per heavy atom. The third-order valence-corrected chi connectivity index (χ3v) is 4.56. The van der Waals surface area contributed by atoms with Crippen molar-refractivity contribution in [1.82, 2.24) is 14.5 Å². The van der Waals surface area contributed by atoms with E-state index < -0.39 is 0 Å². The molecule has 2 aromatic heterocycles. The minimum atomic E-state index is -0.384. The van der Waals surface area contributed by atoms with Crippen LogP contribution in [0.4, 0.5) is 11.5 Å².